The topological polar surface area (TPSA) is 29.5 Å². The number of amides is 1. The molecule has 3 nitrogen and oxygen atoms in total. The van der Waals surface area contributed by atoms with Crippen LogP contribution >= 0.6 is 0 Å². The summed E-state index contributed by atoms with van der Waals surface area (Å²) in [4.78, 5) is 13.7. The summed E-state index contributed by atoms with van der Waals surface area (Å²) in [5.41, 5.74) is 0.971. The Balaban J connectivity index is 2.28. The molecule has 0 aromatic heterocycles. The van der Waals surface area contributed by atoms with E-state index in [1.807, 2.05) is 18.2 Å². The van der Waals surface area contributed by atoms with Crippen molar-refractivity contribution in [3.05, 3.63) is 66.0 Å². The Kier molecular flexibility index (Phi) is 4.48. The second kappa shape index (κ2) is 6.30. The van der Waals surface area contributed by atoms with Crippen LogP contribution in [-0.2, 0) is 9.53 Å². The maximum absolute atomic E-state index is 13.7. The molecule has 0 saturated heterocycles. The minimum Gasteiger partial charge on any atom is -0.367 e. The Morgan fingerprint density at radius 2 is 1.70 bits per heavy atom. The number of anilines is 1. The highest BCUT2D eigenvalue weighted by Gasteiger charge is 2.25. The molecule has 104 valence electrons. The van der Waals surface area contributed by atoms with Gasteiger partial charge in [0.1, 0.15) is 5.82 Å². The van der Waals surface area contributed by atoms with Crippen molar-refractivity contribution in [2.45, 2.75) is 6.10 Å². The van der Waals surface area contributed by atoms with Crippen molar-refractivity contribution in [3.63, 3.8) is 0 Å². The van der Waals surface area contributed by atoms with Crippen LogP contribution in [0.1, 0.15) is 11.7 Å². The molecule has 0 bridgehead atoms. The maximum atomic E-state index is 13.7. The minimum atomic E-state index is -0.749. The van der Waals surface area contributed by atoms with Crippen LogP contribution in [0.2, 0.25) is 0 Å². The molecule has 1 atom stereocenters. The Bertz CT molecular complexity index is 586. The van der Waals surface area contributed by atoms with Crippen LogP contribution in [0, 0.1) is 5.82 Å². The van der Waals surface area contributed by atoms with Crippen LogP contribution in [-0.4, -0.2) is 20.1 Å². The number of methoxy groups -OCH3 is 1. The highest BCUT2D eigenvalue weighted by atomic mass is 19.1. The van der Waals surface area contributed by atoms with Crippen molar-refractivity contribution in [1.82, 2.24) is 0 Å². The van der Waals surface area contributed by atoms with Gasteiger partial charge in [-0.2, -0.15) is 0 Å². The number of hydrogen-bond acceptors (Lipinski definition) is 2. The first-order chi connectivity index (χ1) is 9.65. The van der Waals surface area contributed by atoms with Gasteiger partial charge in [0.05, 0.1) is 5.69 Å². The Labute approximate surface area is 117 Å². The SMILES string of the molecule is CO[C@H](C(=O)N(C)c1ccccc1F)c1ccccc1. The van der Waals surface area contributed by atoms with Crippen LogP contribution in [0.25, 0.3) is 0 Å². The second-order valence-electron chi connectivity index (χ2n) is 4.38. The van der Waals surface area contributed by atoms with Gasteiger partial charge in [-0.3, -0.25) is 4.79 Å². The van der Waals surface area contributed by atoms with Gasteiger partial charge in [0.2, 0.25) is 0 Å². The molecule has 20 heavy (non-hydrogen) atoms. The average molecular weight is 273 g/mol. The Morgan fingerprint density at radius 3 is 2.30 bits per heavy atom. The van der Waals surface area contributed by atoms with E-state index in [9.17, 15) is 9.18 Å². The van der Waals surface area contributed by atoms with E-state index in [-0.39, 0.29) is 11.6 Å². The number of hydrogen-bond donors (Lipinski definition) is 0. The number of para-hydroxylation sites is 1. The third kappa shape index (κ3) is 2.86. The van der Waals surface area contributed by atoms with E-state index in [1.165, 1.54) is 25.1 Å². The fourth-order valence-corrected chi connectivity index (χ4v) is 2.03. The number of benzene rings is 2. The molecular formula is C16H16FNO2. The molecule has 0 unspecified atom stereocenters. The highest BCUT2D eigenvalue weighted by molar-refractivity contribution is 5.96. The highest BCUT2D eigenvalue weighted by Crippen LogP contribution is 2.24. The molecule has 0 N–H and O–H groups in total. The molecule has 0 aliphatic heterocycles. The first-order valence-electron chi connectivity index (χ1n) is 6.25. The first kappa shape index (κ1) is 14.2. The number of carbonyl (C=O) groups is 1. The molecule has 2 aromatic rings. The number of rotatable bonds is 4. The lowest BCUT2D eigenvalue weighted by atomic mass is 10.1. The van der Waals surface area contributed by atoms with E-state index in [1.54, 1.807) is 30.3 Å². The fraction of sp³-hybridized carbons (Fsp3) is 0.188. The molecule has 0 radical (unpaired) electrons. The monoisotopic (exact) mass is 273 g/mol. The molecule has 0 spiro atoms. The molecule has 1 amide bonds. The first-order valence-corrected chi connectivity index (χ1v) is 6.25. The van der Waals surface area contributed by atoms with E-state index in [0.29, 0.717) is 0 Å². The zero-order valence-electron chi connectivity index (χ0n) is 11.4. The minimum absolute atomic E-state index is 0.232. The van der Waals surface area contributed by atoms with Gasteiger partial charge >= 0.3 is 0 Å². The average Bonchev–Trinajstić information content (AvgIpc) is 2.49. The maximum Gasteiger partial charge on any atom is 0.260 e. The van der Waals surface area contributed by atoms with Gasteiger partial charge in [-0.25, -0.2) is 4.39 Å². The normalized spacial score (nSPS) is 11.9. The smallest absolute Gasteiger partial charge is 0.260 e. The quantitative estimate of drug-likeness (QED) is 0.856. The summed E-state index contributed by atoms with van der Waals surface area (Å²) in [6.07, 6.45) is -0.749. The van der Waals surface area contributed by atoms with Gasteiger partial charge in [0.15, 0.2) is 6.10 Å². The summed E-state index contributed by atoms with van der Waals surface area (Å²) in [7, 11) is 3.00. The lowest BCUT2D eigenvalue weighted by Crippen LogP contribution is -2.33. The summed E-state index contributed by atoms with van der Waals surface area (Å²) in [5, 5.41) is 0. The molecular weight excluding hydrogens is 257 g/mol. The largest absolute Gasteiger partial charge is 0.367 e. The van der Waals surface area contributed by atoms with Crippen LogP contribution in [0.15, 0.2) is 54.6 Å². The second-order valence-corrected chi connectivity index (χ2v) is 4.38. The van der Waals surface area contributed by atoms with Crippen molar-refractivity contribution in [3.8, 4) is 0 Å². The van der Waals surface area contributed by atoms with Crippen LogP contribution in [0.4, 0.5) is 10.1 Å². The van der Waals surface area contributed by atoms with Gasteiger partial charge in [0.25, 0.3) is 5.91 Å². The predicted octanol–water partition coefficient (Wildman–Crippen LogP) is 3.18. The fourth-order valence-electron chi connectivity index (χ4n) is 2.03. The number of likely N-dealkylation sites (N-methyl/N-ethyl adjacent to an activating group) is 1. The molecule has 0 heterocycles. The van der Waals surface area contributed by atoms with Gasteiger partial charge in [-0.05, 0) is 17.7 Å². The van der Waals surface area contributed by atoms with Crippen molar-refractivity contribution < 1.29 is 13.9 Å². The van der Waals surface area contributed by atoms with Gasteiger partial charge in [-0.15, -0.1) is 0 Å². The summed E-state index contributed by atoms with van der Waals surface area (Å²) in [5.74, 6) is -0.755. The van der Waals surface area contributed by atoms with E-state index in [2.05, 4.69) is 0 Å². The predicted molar refractivity (Wildman–Crippen MR) is 76.0 cm³/mol. The summed E-state index contributed by atoms with van der Waals surface area (Å²) < 4.78 is 19.0. The van der Waals surface area contributed by atoms with Gasteiger partial charge in [0, 0.05) is 14.2 Å². The summed E-state index contributed by atoms with van der Waals surface area (Å²) in [6, 6.07) is 15.3. The lowest BCUT2D eigenvalue weighted by Gasteiger charge is -2.23. The van der Waals surface area contributed by atoms with Crippen LogP contribution < -0.4 is 4.90 Å². The molecule has 4 heteroatoms. The zero-order valence-corrected chi connectivity index (χ0v) is 11.4. The van der Waals surface area contributed by atoms with E-state index < -0.39 is 11.9 Å². The molecule has 2 aromatic carbocycles. The van der Waals surface area contributed by atoms with Gasteiger partial charge < -0.3 is 9.64 Å². The molecule has 0 saturated carbocycles. The van der Waals surface area contributed by atoms with Crippen LogP contribution in [0.3, 0.4) is 0 Å². The number of ether oxygens (including phenoxy) is 1. The number of halogens is 1. The zero-order chi connectivity index (χ0) is 14.5. The Morgan fingerprint density at radius 1 is 1.10 bits per heavy atom. The molecule has 0 fully saturated rings. The van der Waals surface area contributed by atoms with E-state index in [0.717, 1.165) is 5.56 Å². The number of nitrogens with zero attached hydrogens (tertiary/aromatic N) is 1. The van der Waals surface area contributed by atoms with E-state index >= 15 is 0 Å². The summed E-state index contributed by atoms with van der Waals surface area (Å²) in [6.45, 7) is 0. The standard InChI is InChI=1S/C16H16FNO2/c1-18(14-11-7-6-10-13(14)17)16(19)15(20-2)12-8-4-3-5-9-12/h3-11,15H,1-2H3/t15-/m0/s1. The van der Waals surface area contributed by atoms with Gasteiger partial charge in [-0.1, -0.05) is 42.5 Å². The van der Waals surface area contributed by atoms with Crippen molar-refractivity contribution >= 4 is 11.6 Å². The van der Waals surface area contributed by atoms with E-state index in [4.69, 9.17) is 4.74 Å². The van der Waals surface area contributed by atoms with Crippen molar-refractivity contribution in [1.29, 1.82) is 0 Å². The molecule has 2 rings (SSSR count). The third-order valence-corrected chi connectivity index (χ3v) is 3.11. The number of carbonyl (C=O) groups excluding carboxylic acids is 1. The lowest BCUT2D eigenvalue weighted by molar-refractivity contribution is -0.128. The van der Waals surface area contributed by atoms with Crippen LogP contribution in [0.5, 0.6) is 0 Å². The third-order valence-electron chi connectivity index (χ3n) is 3.11. The molecule has 0 aliphatic carbocycles. The Hall–Kier alpha value is -2.20. The summed E-state index contributed by atoms with van der Waals surface area (Å²) >= 11 is 0. The molecule has 0 aliphatic rings. The van der Waals surface area contributed by atoms with Crippen molar-refractivity contribution in [2.24, 2.45) is 0 Å². The van der Waals surface area contributed by atoms with Crippen molar-refractivity contribution in [2.75, 3.05) is 19.1 Å².